The van der Waals surface area contributed by atoms with Crippen molar-refractivity contribution in [1.82, 2.24) is 5.32 Å². The maximum absolute atomic E-state index is 9.20. The van der Waals surface area contributed by atoms with E-state index in [0.29, 0.717) is 12.6 Å². The van der Waals surface area contributed by atoms with Gasteiger partial charge in [0.15, 0.2) is 0 Å². The summed E-state index contributed by atoms with van der Waals surface area (Å²) in [5, 5.41) is 12.7. The van der Waals surface area contributed by atoms with E-state index in [1.807, 2.05) is 0 Å². The van der Waals surface area contributed by atoms with Gasteiger partial charge in [0, 0.05) is 11.6 Å². The molecule has 1 saturated carbocycles. The lowest BCUT2D eigenvalue weighted by Gasteiger charge is -2.30. The minimum Gasteiger partial charge on any atom is -0.394 e. The molecule has 0 atom stereocenters. The molecule has 0 aromatic rings. The van der Waals surface area contributed by atoms with Crippen molar-refractivity contribution < 1.29 is 5.11 Å². The molecule has 2 heteroatoms. The topological polar surface area (TPSA) is 32.3 Å². The monoisotopic (exact) mass is 157 g/mol. The lowest BCUT2D eigenvalue weighted by atomic mass is 9.98. The Morgan fingerprint density at radius 2 is 1.91 bits per heavy atom. The van der Waals surface area contributed by atoms with Crippen LogP contribution in [-0.2, 0) is 0 Å². The summed E-state index contributed by atoms with van der Waals surface area (Å²) < 4.78 is 0. The Hall–Kier alpha value is -0.0800. The fourth-order valence-electron chi connectivity index (χ4n) is 2.01. The molecule has 0 saturated heterocycles. The third-order valence-corrected chi connectivity index (χ3v) is 2.46. The van der Waals surface area contributed by atoms with E-state index in [1.165, 1.54) is 12.8 Å². The zero-order chi connectivity index (χ0) is 8.32. The molecule has 66 valence electrons. The first kappa shape index (κ1) is 9.01. The quantitative estimate of drug-likeness (QED) is 0.647. The lowest BCUT2D eigenvalue weighted by Crippen LogP contribution is -2.49. The van der Waals surface area contributed by atoms with Gasteiger partial charge in [-0.25, -0.2) is 0 Å². The highest BCUT2D eigenvalue weighted by atomic mass is 16.3. The average molecular weight is 157 g/mol. The van der Waals surface area contributed by atoms with Crippen LogP contribution in [0.2, 0.25) is 0 Å². The Balaban J connectivity index is 2.45. The molecule has 0 aromatic carbocycles. The standard InChI is InChI=1S/C9H19NO/c1-8(2)10-9(7-11)5-3-4-6-9/h8,10-11H,3-7H2,1-2H3. The second-order valence-electron chi connectivity index (χ2n) is 3.94. The molecule has 2 N–H and O–H groups in total. The Kier molecular flexibility index (Phi) is 2.90. The molecule has 0 bridgehead atoms. The van der Waals surface area contributed by atoms with Crippen LogP contribution >= 0.6 is 0 Å². The van der Waals surface area contributed by atoms with Crippen LogP contribution in [0.3, 0.4) is 0 Å². The Bertz CT molecular complexity index is 117. The summed E-state index contributed by atoms with van der Waals surface area (Å²) in [4.78, 5) is 0. The minimum atomic E-state index is 0.0637. The van der Waals surface area contributed by atoms with Crippen molar-refractivity contribution in [3.63, 3.8) is 0 Å². The van der Waals surface area contributed by atoms with E-state index in [2.05, 4.69) is 19.2 Å². The van der Waals surface area contributed by atoms with Crippen LogP contribution in [0.1, 0.15) is 39.5 Å². The van der Waals surface area contributed by atoms with E-state index in [4.69, 9.17) is 0 Å². The zero-order valence-corrected chi connectivity index (χ0v) is 7.56. The predicted molar refractivity (Wildman–Crippen MR) is 46.6 cm³/mol. The van der Waals surface area contributed by atoms with Crippen molar-refractivity contribution in [2.45, 2.75) is 51.1 Å². The first-order valence-corrected chi connectivity index (χ1v) is 4.57. The molecule has 11 heavy (non-hydrogen) atoms. The first-order chi connectivity index (χ1) is 5.18. The molecule has 1 fully saturated rings. The molecule has 0 heterocycles. The van der Waals surface area contributed by atoms with Gasteiger partial charge in [0.1, 0.15) is 0 Å². The molecule has 0 amide bonds. The van der Waals surface area contributed by atoms with Gasteiger partial charge in [-0.15, -0.1) is 0 Å². The smallest absolute Gasteiger partial charge is 0.0613 e. The maximum atomic E-state index is 9.20. The molecule has 0 aliphatic heterocycles. The molecule has 1 rings (SSSR count). The van der Waals surface area contributed by atoms with Gasteiger partial charge in [0.2, 0.25) is 0 Å². The summed E-state index contributed by atoms with van der Waals surface area (Å²) >= 11 is 0. The van der Waals surface area contributed by atoms with Crippen LogP contribution in [0.25, 0.3) is 0 Å². The van der Waals surface area contributed by atoms with Crippen molar-refractivity contribution >= 4 is 0 Å². The van der Waals surface area contributed by atoms with Crippen LogP contribution < -0.4 is 5.32 Å². The van der Waals surface area contributed by atoms with E-state index in [1.54, 1.807) is 0 Å². The molecule has 0 spiro atoms. The zero-order valence-electron chi connectivity index (χ0n) is 7.56. The third-order valence-electron chi connectivity index (χ3n) is 2.46. The minimum absolute atomic E-state index is 0.0637. The second-order valence-corrected chi connectivity index (χ2v) is 3.94. The summed E-state index contributed by atoms with van der Waals surface area (Å²) in [6.07, 6.45) is 4.81. The van der Waals surface area contributed by atoms with Gasteiger partial charge in [0.25, 0.3) is 0 Å². The van der Waals surface area contributed by atoms with E-state index in [9.17, 15) is 5.11 Å². The van der Waals surface area contributed by atoms with Gasteiger partial charge in [-0.1, -0.05) is 26.7 Å². The fraction of sp³-hybridized carbons (Fsp3) is 1.00. The Morgan fingerprint density at radius 1 is 1.36 bits per heavy atom. The highest BCUT2D eigenvalue weighted by Crippen LogP contribution is 2.29. The van der Waals surface area contributed by atoms with Crippen molar-refractivity contribution in [1.29, 1.82) is 0 Å². The largest absolute Gasteiger partial charge is 0.394 e. The molecule has 1 aliphatic carbocycles. The SMILES string of the molecule is CC(C)NC1(CO)CCCC1. The van der Waals surface area contributed by atoms with Crippen molar-refractivity contribution in [3.05, 3.63) is 0 Å². The van der Waals surface area contributed by atoms with Crippen LogP contribution in [0.4, 0.5) is 0 Å². The highest BCUT2D eigenvalue weighted by Gasteiger charge is 2.32. The first-order valence-electron chi connectivity index (χ1n) is 4.57. The number of aliphatic hydroxyl groups excluding tert-OH is 1. The maximum Gasteiger partial charge on any atom is 0.0613 e. The van der Waals surface area contributed by atoms with E-state index < -0.39 is 0 Å². The number of hydrogen-bond donors (Lipinski definition) is 2. The van der Waals surface area contributed by atoms with Crippen molar-refractivity contribution in [3.8, 4) is 0 Å². The summed E-state index contributed by atoms with van der Waals surface area (Å²) in [6.45, 7) is 4.57. The Morgan fingerprint density at radius 3 is 2.27 bits per heavy atom. The van der Waals surface area contributed by atoms with E-state index >= 15 is 0 Å². The summed E-state index contributed by atoms with van der Waals surface area (Å²) in [5.41, 5.74) is 0.0637. The van der Waals surface area contributed by atoms with Crippen LogP contribution in [0.15, 0.2) is 0 Å². The van der Waals surface area contributed by atoms with Gasteiger partial charge >= 0.3 is 0 Å². The normalized spacial score (nSPS) is 22.9. The van der Waals surface area contributed by atoms with Gasteiger partial charge in [-0.3, -0.25) is 0 Å². The molecular weight excluding hydrogens is 138 g/mol. The van der Waals surface area contributed by atoms with Gasteiger partial charge in [-0.05, 0) is 12.8 Å². The highest BCUT2D eigenvalue weighted by molar-refractivity contribution is 4.92. The van der Waals surface area contributed by atoms with Gasteiger partial charge in [-0.2, -0.15) is 0 Å². The number of nitrogens with one attached hydrogen (secondary N) is 1. The number of aliphatic hydroxyl groups is 1. The molecule has 0 unspecified atom stereocenters. The van der Waals surface area contributed by atoms with Crippen LogP contribution in [-0.4, -0.2) is 23.3 Å². The van der Waals surface area contributed by atoms with Gasteiger partial charge in [0.05, 0.1) is 6.61 Å². The van der Waals surface area contributed by atoms with E-state index in [0.717, 1.165) is 12.8 Å². The average Bonchev–Trinajstić information content (AvgIpc) is 2.36. The van der Waals surface area contributed by atoms with Crippen LogP contribution in [0, 0.1) is 0 Å². The molecule has 0 radical (unpaired) electrons. The predicted octanol–water partition coefficient (Wildman–Crippen LogP) is 1.29. The Labute approximate surface area is 69.0 Å². The summed E-state index contributed by atoms with van der Waals surface area (Å²) in [6, 6.07) is 0.486. The lowest BCUT2D eigenvalue weighted by molar-refractivity contribution is 0.155. The summed E-state index contributed by atoms with van der Waals surface area (Å²) in [5.74, 6) is 0. The van der Waals surface area contributed by atoms with Crippen LogP contribution in [0.5, 0.6) is 0 Å². The van der Waals surface area contributed by atoms with Crippen molar-refractivity contribution in [2.75, 3.05) is 6.61 Å². The number of rotatable bonds is 3. The molecule has 1 aliphatic rings. The van der Waals surface area contributed by atoms with Crippen molar-refractivity contribution in [2.24, 2.45) is 0 Å². The molecule has 0 aromatic heterocycles. The second kappa shape index (κ2) is 3.55. The third kappa shape index (κ3) is 2.17. The molecular formula is C9H19NO. The number of hydrogen-bond acceptors (Lipinski definition) is 2. The van der Waals surface area contributed by atoms with E-state index in [-0.39, 0.29) is 5.54 Å². The summed E-state index contributed by atoms with van der Waals surface area (Å²) in [7, 11) is 0. The molecule has 2 nitrogen and oxygen atoms in total. The van der Waals surface area contributed by atoms with Gasteiger partial charge < -0.3 is 10.4 Å². The fourth-order valence-corrected chi connectivity index (χ4v) is 2.01.